The van der Waals surface area contributed by atoms with Crippen molar-refractivity contribution in [1.29, 1.82) is 0 Å². The molecule has 0 aromatic heterocycles. The third kappa shape index (κ3) is 6.11. The van der Waals surface area contributed by atoms with E-state index in [4.69, 9.17) is 9.47 Å². The molecule has 0 aliphatic heterocycles. The molecule has 0 unspecified atom stereocenters. The van der Waals surface area contributed by atoms with Gasteiger partial charge in [-0.2, -0.15) is 0 Å². The summed E-state index contributed by atoms with van der Waals surface area (Å²) >= 11 is 0. The van der Waals surface area contributed by atoms with Crippen molar-refractivity contribution >= 4 is 29.0 Å². The Kier molecular flexibility index (Phi) is 8.77. The highest BCUT2D eigenvalue weighted by Crippen LogP contribution is 2.50. The lowest BCUT2D eigenvalue weighted by Gasteiger charge is -2.28. The number of hydrogen-bond acceptors (Lipinski definition) is 5. The molecule has 0 heterocycles. The zero-order valence-corrected chi connectivity index (χ0v) is 25.0. The summed E-state index contributed by atoms with van der Waals surface area (Å²) in [5.41, 5.74) is 10.6. The minimum Gasteiger partial charge on any atom is -0.465 e. The van der Waals surface area contributed by atoms with E-state index in [1.165, 1.54) is 22.3 Å². The van der Waals surface area contributed by atoms with Crippen LogP contribution < -0.4 is 4.90 Å². The van der Waals surface area contributed by atoms with Crippen LogP contribution in [0.1, 0.15) is 62.8 Å². The first-order valence-corrected chi connectivity index (χ1v) is 14.9. The van der Waals surface area contributed by atoms with Crippen LogP contribution in [0.3, 0.4) is 0 Å². The quantitative estimate of drug-likeness (QED) is 0.172. The second kappa shape index (κ2) is 12.6. The van der Waals surface area contributed by atoms with E-state index in [2.05, 4.69) is 110 Å². The molecule has 0 radical (unpaired) electrons. The van der Waals surface area contributed by atoms with Crippen LogP contribution in [0.25, 0.3) is 11.1 Å². The third-order valence-electron chi connectivity index (χ3n) is 8.10. The zero-order valence-electron chi connectivity index (χ0n) is 25.0. The number of carbonyl (C=O) groups is 2. The molecule has 5 nitrogen and oxygen atoms in total. The third-order valence-corrected chi connectivity index (χ3v) is 8.10. The summed E-state index contributed by atoms with van der Waals surface area (Å²) < 4.78 is 10.6. The molecule has 0 bridgehead atoms. The summed E-state index contributed by atoms with van der Waals surface area (Å²) in [5.74, 6) is -0.349. The van der Waals surface area contributed by atoms with Crippen molar-refractivity contribution in [3.05, 3.63) is 113 Å². The number of hydrogen-bond donors (Lipinski definition) is 0. The molecule has 4 aromatic rings. The molecular formula is C37H39NO4. The maximum absolute atomic E-state index is 11.5. The van der Waals surface area contributed by atoms with Gasteiger partial charge in [0.15, 0.2) is 0 Å². The van der Waals surface area contributed by atoms with Crippen LogP contribution in [0.2, 0.25) is 0 Å². The minimum atomic E-state index is -0.175. The van der Waals surface area contributed by atoms with Crippen molar-refractivity contribution in [2.45, 2.75) is 58.8 Å². The molecule has 0 spiro atoms. The fraction of sp³-hybridized carbons (Fsp3) is 0.297. The lowest BCUT2D eigenvalue weighted by molar-refractivity contribution is -0.144. The maximum atomic E-state index is 11.5. The molecule has 1 aliphatic rings. The summed E-state index contributed by atoms with van der Waals surface area (Å²) in [6.45, 7) is 8.96. The smallest absolute Gasteiger partial charge is 0.305 e. The fourth-order valence-electron chi connectivity index (χ4n) is 5.67. The molecule has 1 aliphatic carbocycles. The highest BCUT2D eigenvalue weighted by atomic mass is 16.5. The maximum Gasteiger partial charge on any atom is 0.305 e. The van der Waals surface area contributed by atoms with E-state index in [0.717, 1.165) is 28.2 Å². The van der Waals surface area contributed by atoms with Gasteiger partial charge in [0.05, 0.1) is 13.2 Å². The SMILES string of the molecule is CCC(=O)OCCc1ccc(N(c2ccc(CCOC(=O)CC)cc2)c2ccc3c(c2)C(C)(C)c2ccccc2-3)cc1. The van der Waals surface area contributed by atoms with Crippen LogP contribution in [0.15, 0.2) is 91.0 Å². The van der Waals surface area contributed by atoms with Crippen LogP contribution in [0.5, 0.6) is 0 Å². The molecule has 0 saturated carbocycles. The first-order chi connectivity index (χ1) is 20.3. The van der Waals surface area contributed by atoms with Crippen LogP contribution in [0, 0.1) is 0 Å². The predicted molar refractivity (Wildman–Crippen MR) is 169 cm³/mol. The van der Waals surface area contributed by atoms with E-state index in [-0.39, 0.29) is 17.4 Å². The van der Waals surface area contributed by atoms with Gasteiger partial charge >= 0.3 is 11.9 Å². The van der Waals surface area contributed by atoms with Gasteiger partial charge in [0.2, 0.25) is 0 Å². The van der Waals surface area contributed by atoms with Crippen LogP contribution >= 0.6 is 0 Å². The van der Waals surface area contributed by atoms with E-state index in [1.807, 2.05) is 0 Å². The number of fused-ring (bicyclic) bond motifs is 3. The molecular weight excluding hydrogens is 522 g/mol. The second-order valence-corrected chi connectivity index (χ2v) is 11.2. The Morgan fingerprint density at radius 2 is 1.10 bits per heavy atom. The molecule has 0 amide bonds. The van der Waals surface area contributed by atoms with Crippen molar-refractivity contribution in [1.82, 2.24) is 0 Å². The molecule has 0 saturated heterocycles. The first-order valence-electron chi connectivity index (χ1n) is 14.9. The molecule has 5 heteroatoms. The average Bonchev–Trinajstić information content (AvgIpc) is 3.24. The highest BCUT2D eigenvalue weighted by molar-refractivity contribution is 5.85. The topological polar surface area (TPSA) is 55.8 Å². The lowest BCUT2D eigenvalue weighted by atomic mass is 9.82. The second-order valence-electron chi connectivity index (χ2n) is 11.2. The van der Waals surface area contributed by atoms with E-state index >= 15 is 0 Å². The normalized spacial score (nSPS) is 12.8. The Morgan fingerprint density at radius 1 is 0.619 bits per heavy atom. The van der Waals surface area contributed by atoms with Gasteiger partial charge in [-0.3, -0.25) is 9.59 Å². The van der Waals surface area contributed by atoms with Crippen molar-refractivity contribution in [2.24, 2.45) is 0 Å². The molecule has 4 aromatic carbocycles. The van der Waals surface area contributed by atoms with E-state index < -0.39 is 0 Å². The lowest BCUT2D eigenvalue weighted by Crippen LogP contribution is -2.16. The highest BCUT2D eigenvalue weighted by Gasteiger charge is 2.35. The Hall–Kier alpha value is -4.38. The van der Waals surface area contributed by atoms with Gasteiger partial charge < -0.3 is 14.4 Å². The van der Waals surface area contributed by atoms with Gasteiger partial charge in [0.25, 0.3) is 0 Å². The number of anilines is 3. The standard InChI is InChI=1S/C37H39NO4/c1-5-35(39)41-23-21-26-11-15-28(16-12-26)38(29-17-13-27(14-18-29)22-24-42-36(40)6-2)30-19-20-32-31-9-7-8-10-33(31)37(3,4)34(32)25-30/h7-20,25H,5-6,21-24H2,1-4H3. The zero-order chi connectivity index (χ0) is 29.7. The average molecular weight is 562 g/mol. The Balaban J connectivity index is 1.46. The van der Waals surface area contributed by atoms with Gasteiger partial charge in [0, 0.05) is 48.2 Å². The van der Waals surface area contributed by atoms with Crippen LogP contribution in [-0.4, -0.2) is 25.2 Å². The van der Waals surface area contributed by atoms with E-state index in [9.17, 15) is 9.59 Å². The number of benzene rings is 4. The molecule has 5 rings (SSSR count). The molecule has 0 N–H and O–H groups in total. The monoisotopic (exact) mass is 561 g/mol. The van der Waals surface area contributed by atoms with E-state index in [0.29, 0.717) is 38.9 Å². The predicted octanol–water partition coefficient (Wildman–Crippen LogP) is 8.45. The summed E-state index contributed by atoms with van der Waals surface area (Å²) in [7, 11) is 0. The fourth-order valence-corrected chi connectivity index (χ4v) is 5.67. The largest absolute Gasteiger partial charge is 0.465 e. The Bertz CT molecular complexity index is 1490. The van der Waals surface area contributed by atoms with Gasteiger partial charge in [-0.1, -0.05) is 82.3 Å². The summed E-state index contributed by atoms with van der Waals surface area (Å²) in [6, 6.07) is 32.4. The number of nitrogens with zero attached hydrogens (tertiary/aromatic N) is 1. The minimum absolute atomic E-state index is 0.104. The van der Waals surface area contributed by atoms with Gasteiger partial charge in [-0.05, 0) is 69.8 Å². The number of ether oxygens (including phenoxy) is 2. The van der Waals surface area contributed by atoms with Crippen molar-refractivity contribution in [2.75, 3.05) is 18.1 Å². The van der Waals surface area contributed by atoms with Crippen molar-refractivity contribution < 1.29 is 19.1 Å². The van der Waals surface area contributed by atoms with Crippen molar-refractivity contribution in [3.63, 3.8) is 0 Å². The molecule has 216 valence electrons. The van der Waals surface area contributed by atoms with Crippen LogP contribution in [0.4, 0.5) is 17.1 Å². The number of carbonyl (C=O) groups excluding carboxylic acids is 2. The Labute approximate surface area is 249 Å². The molecule has 0 fully saturated rings. The first kappa shape index (κ1) is 29.1. The molecule has 0 atom stereocenters. The van der Waals surface area contributed by atoms with Gasteiger partial charge in [-0.25, -0.2) is 0 Å². The van der Waals surface area contributed by atoms with E-state index in [1.54, 1.807) is 13.8 Å². The van der Waals surface area contributed by atoms with Gasteiger partial charge in [0.1, 0.15) is 0 Å². The Morgan fingerprint density at radius 3 is 1.62 bits per heavy atom. The summed E-state index contributed by atoms with van der Waals surface area (Å²) in [4.78, 5) is 25.3. The number of esters is 2. The molecule has 42 heavy (non-hydrogen) atoms. The van der Waals surface area contributed by atoms with Crippen LogP contribution in [-0.2, 0) is 37.3 Å². The van der Waals surface area contributed by atoms with Crippen molar-refractivity contribution in [3.8, 4) is 11.1 Å². The number of rotatable bonds is 11. The van der Waals surface area contributed by atoms with Gasteiger partial charge in [-0.15, -0.1) is 0 Å². The summed E-state index contributed by atoms with van der Waals surface area (Å²) in [6.07, 6.45) is 2.13. The summed E-state index contributed by atoms with van der Waals surface area (Å²) in [5, 5.41) is 0.